The molecule has 4 aromatic rings. The molecule has 0 saturated heterocycles. The van der Waals surface area contributed by atoms with Crippen molar-refractivity contribution in [3.05, 3.63) is 60.7 Å². The second kappa shape index (κ2) is 5.34. The molecular weight excluding hydrogens is 296 g/mol. The van der Waals surface area contributed by atoms with Crippen LogP contribution >= 0.6 is 0 Å². The van der Waals surface area contributed by atoms with Crippen molar-refractivity contribution in [3.63, 3.8) is 0 Å². The van der Waals surface area contributed by atoms with Crippen LogP contribution in [0.1, 0.15) is 26.3 Å². The van der Waals surface area contributed by atoms with Crippen LogP contribution in [0.15, 0.2) is 55.1 Å². The van der Waals surface area contributed by atoms with Gasteiger partial charge in [-0.25, -0.2) is 19.9 Å². The third-order valence-electron chi connectivity index (χ3n) is 4.21. The zero-order chi connectivity index (χ0) is 16.7. The largest absolute Gasteiger partial charge is 0.249 e. The summed E-state index contributed by atoms with van der Waals surface area (Å²) in [6, 6.07) is 12.9. The van der Waals surface area contributed by atoms with E-state index in [-0.39, 0.29) is 5.41 Å². The quantitative estimate of drug-likeness (QED) is 0.517. The Hall–Kier alpha value is -2.88. The minimum Gasteiger partial charge on any atom is -0.249 e. The summed E-state index contributed by atoms with van der Waals surface area (Å²) in [4.78, 5) is 17.4. The van der Waals surface area contributed by atoms with E-state index in [0.717, 1.165) is 16.8 Å². The van der Waals surface area contributed by atoms with Gasteiger partial charge in [0.25, 0.3) is 0 Å². The molecule has 0 radical (unpaired) electrons. The summed E-state index contributed by atoms with van der Waals surface area (Å²) in [5.74, 6) is 0. The van der Waals surface area contributed by atoms with E-state index in [9.17, 15) is 0 Å². The Morgan fingerprint density at radius 2 is 1.62 bits per heavy atom. The number of hydrogen-bond donors (Lipinski definition) is 0. The molecule has 0 spiro atoms. The molecule has 0 saturated carbocycles. The number of benzene rings is 2. The van der Waals surface area contributed by atoms with Crippen LogP contribution in [0.4, 0.5) is 0 Å². The predicted octanol–water partition coefficient (Wildman–Crippen LogP) is 4.54. The van der Waals surface area contributed by atoms with Crippen molar-refractivity contribution in [2.24, 2.45) is 0 Å². The van der Waals surface area contributed by atoms with Gasteiger partial charge < -0.3 is 0 Å². The fraction of sp³-hybridized carbons (Fsp3) is 0.200. The second-order valence-electron chi connectivity index (χ2n) is 6.95. The van der Waals surface area contributed by atoms with Gasteiger partial charge in [-0.3, -0.25) is 0 Å². The highest BCUT2D eigenvalue weighted by molar-refractivity contribution is 5.94. The van der Waals surface area contributed by atoms with Crippen molar-refractivity contribution in [3.8, 4) is 11.3 Å². The molecule has 24 heavy (non-hydrogen) atoms. The second-order valence-corrected chi connectivity index (χ2v) is 6.95. The molecule has 0 amide bonds. The maximum absolute atomic E-state index is 4.49. The first-order chi connectivity index (χ1) is 11.5. The maximum Gasteiger partial charge on any atom is 0.181 e. The summed E-state index contributed by atoms with van der Waals surface area (Å²) in [5, 5.41) is 2.48. The van der Waals surface area contributed by atoms with Crippen molar-refractivity contribution in [2.75, 3.05) is 0 Å². The topological polar surface area (TPSA) is 51.6 Å². The fourth-order valence-electron chi connectivity index (χ4n) is 3.07. The normalized spacial score (nSPS) is 12.0. The van der Waals surface area contributed by atoms with Crippen LogP contribution in [0.25, 0.3) is 33.2 Å². The molecule has 0 aliphatic carbocycles. The lowest BCUT2D eigenvalue weighted by molar-refractivity contribution is 0.596. The molecule has 4 rings (SSSR count). The van der Waals surface area contributed by atoms with E-state index in [2.05, 4.69) is 77.1 Å². The monoisotopic (exact) mass is 314 g/mol. The van der Waals surface area contributed by atoms with Gasteiger partial charge in [0.05, 0.1) is 0 Å². The Morgan fingerprint density at radius 3 is 2.46 bits per heavy atom. The first-order valence-electron chi connectivity index (χ1n) is 7.99. The van der Waals surface area contributed by atoms with Crippen molar-refractivity contribution in [1.29, 1.82) is 0 Å². The highest BCUT2D eigenvalue weighted by atomic mass is 14.9. The molecule has 0 aliphatic heterocycles. The summed E-state index contributed by atoms with van der Waals surface area (Å²) in [7, 11) is 0. The molecule has 0 N–H and O–H groups in total. The van der Waals surface area contributed by atoms with Gasteiger partial charge in [-0.2, -0.15) is 0 Å². The number of hydrogen-bond acceptors (Lipinski definition) is 4. The molecule has 0 fully saturated rings. The molecule has 4 nitrogen and oxygen atoms in total. The molecular formula is C20H18N4. The highest BCUT2D eigenvalue weighted by Gasteiger charge is 2.19. The SMILES string of the molecule is CC(C)(C)c1cc(-c2ncnc3nccnc23)cc2ccccc12. The van der Waals surface area contributed by atoms with E-state index in [0.29, 0.717) is 5.65 Å². The molecule has 0 bridgehead atoms. The van der Waals surface area contributed by atoms with E-state index in [1.165, 1.54) is 16.3 Å². The van der Waals surface area contributed by atoms with E-state index in [4.69, 9.17) is 0 Å². The average molecular weight is 314 g/mol. The average Bonchev–Trinajstić information content (AvgIpc) is 2.59. The number of aromatic nitrogens is 4. The first kappa shape index (κ1) is 14.7. The van der Waals surface area contributed by atoms with E-state index >= 15 is 0 Å². The van der Waals surface area contributed by atoms with Gasteiger partial charge in [0.2, 0.25) is 0 Å². The molecule has 2 aromatic heterocycles. The van der Waals surface area contributed by atoms with Crippen LogP contribution in [-0.4, -0.2) is 19.9 Å². The Labute approximate surface area is 140 Å². The Bertz CT molecular complexity index is 1040. The number of nitrogens with zero attached hydrogens (tertiary/aromatic N) is 4. The molecule has 2 heterocycles. The zero-order valence-electron chi connectivity index (χ0n) is 14.0. The van der Waals surface area contributed by atoms with Crippen LogP contribution < -0.4 is 0 Å². The molecule has 0 aliphatic rings. The summed E-state index contributed by atoms with van der Waals surface area (Å²) in [6.45, 7) is 6.70. The van der Waals surface area contributed by atoms with Crippen molar-refractivity contribution in [2.45, 2.75) is 26.2 Å². The first-order valence-corrected chi connectivity index (χ1v) is 7.99. The number of fused-ring (bicyclic) bond motifs is 2. The Morgan fingerprint density at radius 1 is 0.833 bits per heavy atom. The van der Waals surface area contributed by atoms with Gasteiger partial charge >= 0.3 is 0 Å². The molecule has 0 unspecified atom stereocenters. The summed E-state index contributed by atoms with van der Waals surface area (Å²) < 4.78 is 0. The lowest BCUT2D eigenvalue weighted by atomic mass is 9.82. The lowest BCUT2D eigenvalue weighted by Crippen LogP contribution is -2.12. The van der Waals surface area contributed by atoms with Crippen molar-refractivity contribution >= 4 is 21.9 Å². The third kappa shape index (κ3) is 2.40. The van der Waals surface area contributed by atoms with Crippen LogP contribution in [-0.2, 0) is 5.41 Å². The van der Waals surface area contributed by atoms with Gasteiger partial charge in [-0.05, 0) is 33.9 Å². The third-order valence-corrected chi connectivity index (χ3v) is 4.21. The van der Waals surface area contributed by atoms with E-state index in [1.54, 1.807) is 18.7 Å². The summed E-state index contributed by atoms with van der Waals surface area (Å²) in [5.41, 5.74) is 4.55. The highest BCUT2D eigenvalue weighted by Crippen LogP contribution is 2.35. The zero-order valence-corrected chi connectivity index (χ0v) is 14.0. The van der Waals surface area contributed by atoms with Gasteiger partial charge in [-0.1, -0.05) is 45.0 Å². The Balaban J connectivity index is 2.07. The van der Waals surface area contributed by atoms with Gasteiger partial charge in [0, 0.05) is 18.0 Å². The summed E-state index contributed by atoms with van der Waals surface area (Å²) >= 11 is 0. The fourth-order valence-corrected chi connectivity index (χ4v) is 3.07. The maximum atomic E-state index is 4.49. The Kier molecular flexibility index (Phi) is 3.27. The molecule has 2 aromatic carbocycles. The number of rotatable bonds is 1. The van der Waals surface area contributed by atoms with E-state index in [1.807, 2.05) is 0 Å². The minimum absolute atomic E-state index is 0.0319. The predicted molar refractivity (Wildman–Crippen MR) is 96.8 cm³/mol. The molecule has 4 heteroatoms. The van der Waals surface area contributed by atoms with Crippen molar-refractivity contribution < 1.29 is 0 Å². The van der Waals surface area contributed by atoms with Crippen LogP contribution in [0.2, 0.25) is 0 Å². The van der Waals surface area contributed by atoms with Crippen LogP contribution in [0, 0.1) is 0 Å². The molecule has 0 atom stereocenters. The molecule has 118 valence electrons. The lowest BCUT2D eigenvalue weighted by Gasteiger charge is -2.22. The van der Waals surface area contributed by atoms with E-state index < -0.39 is 0 Å². The van der Waals surface area contributed by atoms with Gasteiger partial charge in [0.15, 0.2) is 5.65 Å². The van der Waals surface area contributed by atoms with Crippen molar-refractivity contribution in [1.82, 2.24) is 19.9 Å². The van der Waals surface area contributed by atoms with Gasteiger partial charge in [-0.15, -0.1) is 0 Å². The van der Waals surface area contributed by atoms with Crippen LogP contribution in [0.5, 0.6) is 0 Å². The van der Waals surface area contributed by atoms with Crippen LogP contribution in [0.3, 0.4) is 0 Å². The summed E-state index contributed by atoms with van der Waals surface area (Å²) in [6.07, 6.45) is 4.89. The minimum atomic E-state index is 0.0319. The standard InChI is InChI=1S/C20H18N4/c1-20(2,3)16-11-14(10-13-6-4-5-7-15(13)16)17-18-19(24-12-23-17)22-9-8-21-18/h4-12H,1-3H3. The smallest absolute Gasteiger partial charge is 0.181 e. The van der Waals surface area contributed by atoms with Gasteiger partial charge in [0.1, 0.15) is 17.5 Å².